The number of carbonyl (C=O) groups is 1. The van der Waals surface area contributed by atoms with E-state index in [-0.39, 0.29) is 6.42 Å². The van der Waals surface area contributed by atoms with Crippen molar-refractivity contribution in [2.45, 2.75) is 25.9 Å². The van der Waals surface area contributed by atoms with E-state index in [1.54, 1.807) is 19.9 Å². The largest absolute Gasteiger partial charge is 0.386 e. The second-order valence-corrected chi connectivity index (χ2v) is 3.74. The maximum Gasteiger partial charge on any atom is 0.127 e. The predicted molar refractivity (Wildman–Crippen MR) is 51.4 cm³/mol. The van der Waals surface area contributed by atoms with Gasteiger partial charge in [0.05, 0.1) is 5.60 Å². The molecule has 3 heteroatoms. The summed E-state index contributed by atoms with van der Waals surface area (Å²) in [6.07, 6.45) is 0.722. The molecule has 0 amide bonds. The average molecular weight is 196 g/mol. The first-order chi connectivity index (χ1) is 6.45. The molecular formula is C11H13FO2. The van der Waals surface area contributed by atoms with Crippen molar-refractivity contribution in [3.8, 4) is 0 Å². The molecule has 14 heavy (non-hydrogen) atoms. The van der Waals surface area contributed by atoms with Gasteiger partial charge in [-0.15, -0.1) is 0 Å². The van der Waals surface area contributed by atoms with Crippen LogP contribution >= 0.6 is 0 Å². The van der Waals surface area contributed by atoms with Crippen molar-refractivity contribution >= 4 is 6.29 Å². The van der Waals surface area contributed by atoms with Gasteiger partial charge in [0.2, 0.25) is 0 Å². The third kappa shape index (κ3) is 2.39. The summed E-state index contributed by atoms with van der Waals surface area (Å²) in [7, 11) is 0. The lowest BCUT2D eigenvalue weighted by atomic mass is 9.96. The summed E-state index contributed by atoms with van der Waals surface area (Å²) in [6, 6.07) is 4.41. The van der Waals surface area contributed by atoms with Crippen LogP contribution in [0.5, 0.6) is 0 Å². The fraction of sp³-hybridized carbons (Fsp3) is 0.364. The molecule has 0 atom stereocenters. The van der Waals surface area contributed by atoms with Crippen LogP contribution in [0.15, 0.2) is 18.2 Å². The number of rotatable bonds is 3. The quantitative estimate of drug-likeness (QED) is 0.748. The second-order valence-electron chi connectivity index (χ2n) is 3.74. The summed E-state index contributed by atoms with van der Waals surface area (Å²) in [5.41, 5.74) is -0.196. The van der Waals surface area contributed by atoms with Crippen LogP contribution in [0.1, 0.15) is 25.0 Å². The van der Waals surface area contributed by atoms with Gasteiger partial charge >= 0.3 is 0 Å². The topological polar surface area (TPSA) is 37.3 Å². The number of hydrogen-bond donors (Lipinski definition) is 1. The predicted octanol–water partition coefficient (Wildman–Crippen LogP) is 1.79. The Morgan fingerprint density at radius 2 is 2.14 bits per heavy atom. The van der Waals surface area contributed by atoms with Crippen molar-refractivity contribution in [2.24, 2.45) is 0 Å². The molecule has 1 aromatic rings. The molecule has 1 N–H and O–H groups in total. The molecule has 0 aliphatic heterocycles. The highest BCUT2D eigenvalue weighted by Crippen LogP contribution is 2.21. The lowest BCUT2D eigenvalue weighted by Gasteiger charge is -2.18. The summed E-state index contributed by atoms with van der Waals surface area (Å²) in [4.78, 5) is 10.2. The number of benzene rings is 1. The Labute approximate surface area is 82.4 Å². The zero-order chi connectivity index (χ0) is 10.8. The highest BCUT2D eigenvalue weighted by molar-refractivity contribution is 5.55. The van der Waals surface area contributed by atoms with Crippen LogP contribution in [-0.4, -0.2) is 11.4 Å². The molecule has 0 radical (unpaired) electrons. The summed E-state index contributed by atoms with van der Waals surface area (Å²) < 4.78 is 13.3. The van der Waals surface area contributed by atoms with E-state index in [2.05, 4.69) is 0 Å². The number of aliphatic hydroxyl groups is 1. The summed E-state index contributed by atoms with van der Waals surface area (Å²) in [5, 5.41) is 9.60. The number of aldehydes is 1. The minimum atomic E-state index is -1.06. The van der Waals surface area contributed by atoms with Crippen molar-refractivity contribution in [3.63, 3.8) is 0 Å². The second kappa shape index (κ2) is 3.88. The molecule has 1 rings (SSSR count). The van der Waals surface area contributed by atoms with Crippen LogP contribution in [0.3, 0.4) is 0 Å². The monoisotopic (exact) mass is 196 g/mol. The molecular weight excluding hydrogens is 183 g/mol. The van der Waals surface area contributed by atoms with Gasteiger partial charge in [-0.05, 0) is 31.0 Å². The maximum absolute atomic E-state index is 13.3. The van der Waals surface area contributed by atoms with Crippen molar-refractivity contribution < 1.29 is 14.3 Å². The summed E-state index contributed by atoms with van der Waals surface area (Å²) in [6.45, 7) is 3.17. The standard InChI is InChI=1S/C11H13FO2/c1-11(2,14)9-4-3-8(5-6-13)10(12)7-9/h3-4,6-7,14H,5H2,1-2H3. The Kier molecular flexibility index (Phi) is 3.01. The van der Waals surface area contributed by atoms with E-state index >= 15 is 0 Å². The summed E-state index contributed by atoms with van der Waals surface area (Å²) >= 11 is 0. The lowest BCUT2D eigenvalue weighted by Crippen LogP contribution is -2.15. The van der Waals surface area contributed by atoms with Crippen LogP contribution in [-0.2, 0) is 16.8 Å². The lowest BCUT2D eigenvalue weighted by molar-refractivity contribution is -0.107. The first-order valence-electron chi connectivity index (χ1n) is 4.40. The first-order valence-corrected chi connectivity index (χ1v) is 4.40. The van der Waals surface area contributed by atoms with Gasteiger partial charge in [0.25, 0.3) is 0 Å². The first kappa shape index (κ1) is 10.9. The van der Waals surface area contributed by atoms with E-state index in [4.69, 9.17) is 0 Å². The molecule has 0 bridgehead atoms. The molecule has 1 aromatic carbocycles. The molecule has 0 saturated carbocycles. The fourth-order valence-corrected chi connectivity index (χ4v) is 1.18. The van der Waals surface area contributed by atoms with Crippen LogP contribution in [0.25, 0.3) is 0 Å². The SMILES string of the molecule is CC(C)(O)c1ccc(CC=O)c(F)c1. The molecule has 0 heterocycles. The molecule has 0 spiro atoms. The van der Waals surface area contributed by atoms with Crippen molar-refractivity contribution in [2.75, 3.05) is 0 Å². The molecule has 0 aliphatic carbocycles. The smallest absolute Gasteiger partial charge is 0.127 e. The minimum Gasteiger partial charge on any atom is -0.386 e. The van der Waals surface area contributed by atoms with Gasteiger partial charge in [-0.3, -0.25) is 0 Å². The zero-order valence-corrected chi connectivity index (χ0v) is 8.25. The summed E-state index contributed by atoms with van der Waals surface area (Å²) in [5.74, 6) is -0.447. The van der Waals surface area contributed by atoms with Gasteiger partial charge < -0.3 is 9.90 Å². The molecule has 0 saturated heterocycles. The third-order valence-electron chi connectivity index (χ3n) is 2.06. The van der Waals surface area contributed by atoms with Gasteiger partial charge in [0.1, 0.15) is 12.1 Å². The average Bonchev–Trinajstić information content (AvgIpc) is 2.07. The number of halogens is 1. The molecule has 0 unspecified atom stereocenters. The molecule has 2 nitrogen and oxygen atoms in total. The van der Waals surface area contributed by atoms with Crippen molar-refractivity contribution in [1.29, 1.82) is 0 Å². The Balaban J connectivity index is 3.06. The normalized spacial score (nSPS) is 11.4. The Hall–Kier alpha value is -1.22. The van der Waals surface area contributed by atoms with Crippen molar-refractivity contribution in [3.05, 3.63) is 35.1 Å². The third-order valence-corrected chi connectivity index (χ3v) is 2.06. The van der Waals surface area contributed by atoms with Gasteiger partial charge in [-0.25, -0.2) is 4.39 Å². The van der Waals surface area contributed by atoms with E-state index < -0.39 is 11.4 Å². The van der Waals surface area contributed by atoms with Crippen LogP contribution < -0.4 is 0 Å². The highest BCUT2D eigenvalue weighted by atomic mass is 19.1. The van der Waals surface area contributed by atoms with Gasteiger partial charge in [-0.1, -0.05) is 12.1 Å². The number of hydrogen-bond acceptors (Lipinski definition) is 2. The van der Waals surface area contributed by atoms with Crippen molar-refractivity contribution in [1.82, 2.24) is 0 Å². The van der Waals surface area contributed by atoms with E-state index in [9.17, 15) is 14.3 Å². The van der Waals surface area contributed by atoms with Crippen LogP contribution in [0, 0.1) is 5.82 Å². The molecule has 0 aliphatic rings. The van der Waals surface area contributed by atoms with E-state index in [1.165, 1.54) is 12.1 Å². The Morgan fingerprint density at radius 1 is 1.50 bits per heavy atom. The van der Waals surface area contributed by atoms with E-state index in [1.807, 2.05) is 0 Å². The van der Waals surface area contributed by atoms with Gasteiger partial charge in [0.15, 0.2) is 0 Å². The Bertz CT molecular complexity index is 340. The number of carbonyl (C=O) groups excluding carboxylic acids is 1. The maximum atomic E-state index is 13.3. The fourth-order valence-electron chi connectivity index (χ4n) is 1.18. The molecule has 0 aromatic heterocycles. The minimum absolute atomic E-state index is 0.0674. The van der Waals surface area contributed by atoms with Gasteiger partial charge in [-0.2, -0.15) is 0 Å². The zero-order valence-electron chi connectivity index (χ0n) is 8.25. The van der Waals surface area contributed by atoms with Gasteiger partial charge in [0, 0.05) is 6.42 Å². The van der Waals surface area contributed by atoms with Crippen LogP contribution in [0.2, 0.25) is 0 Å². The van der Waals surface area contributed by atoms with E-state index in [0.717, 1.165) is 0 Å². The highest BCUT2D eigenvalue weighted by Gasteiger charge is 2.17. The van der Waals surface area contributed by atoms with E-state index in [0.29, 0.717) is 17.4 Å². The Morgan fingerprint density at radius 3 is 2.57 bits per heavy atom. The molecule has 0 fully saturated rings. The molecule has 76 valence electrons. The van der Waals surface area contributed by atoms with Crippen LogP contribution in [0.4, 0.5) is 4.39 Å².